The molecule has 3 rings (SSSR count). The zero-order chi connectivity index (χ0) is 21.0. The number of imidazole rings is 1. The third-order valence-electron chi connectivity index (χ3n) is 4.87. The topological polar surface area (TPSA) is 73.1 Å². The molecule has 0 spiro atoms. The molecule has 29 heavy (non-hydrogen) atoms. The molecule has 0 saturated carbocycles. The average molecular weight is 521 g/mol. The van der Waals surface area contributed by atoms with Gasteiger partial charge in [0.2, 0.25) is 0 Å². The summed E-state index contributed by atoms with van der Waals surface area (Å²) in [6.45, 7) is 1.89. The van der Waals surface area contributed by atoms with E-state index >= 15 is 0 Å². The lowest BCUT2D eigenvalue weighted by molar-refractivity contribution is 0.383. The highest BCUT2D eigenvalue weighted by Gasteiger charge is 2.19. The Morgan fingerprint density at radius 1 is 1.10 bits per heavy atom. The minimum atomic E-state index is -0.214. The molecule has 0 aliphatic carbocycles. The number of aromatic nitrogens is 2. The van der Waals surface area contributed by atoms with Crippen LogP contribution in [0, 0.1) is 0 Å². The SMILES string of the molecule is CN(C)CCCn1c(-c2ccccc2)cnc1[C@H](N)Cc1cc(Br)c(N)c(Br)c1. The lowest BCUT2D eigenvalue weighted by atomic mass is 10.1. The van der Waals surface area contributed by atoms with Crippen molar-refractivity contribution in [3.05, 3.63) is 69.0 Å². The minimum absolute atomic E-state index is 0.214. The van der Waals surface area contributed by atoms with Gasteiger partial charge in [0.05, 0.1) is 23.6 Å². The molecule has 0 aliphatic heterocycles. The molecule has 2 aromatic carbocycles. The number of hydrogen-bond acceptors (Lipinski definition) is 4. The van der Waals surface area contributed by atoms with Crippen LogP contribution in [-0.2, 0) is 13.0 Å². The summed E-state index contributed by atoms with van der Waals surface area (Å²) in [7, 11) is 4.19. The molecular weight excluding hydrogens is 494 g/mol. The monoisotopic (exact) mass is 519 g/mol. The van der Waals surface area contributed by atoms with Gasteiger partial charge in [-0.15, -0.1) is 0 Å². The maximum Gasteiger partial charge on any atom is 0.126 e. The van der Waals surface area contributed by atoms with Crippen LogP contribution in [0.15, 0.2) is 57.6 Å². The van der Waals surface area contributed by atoms with Crippen LogP contribution in [0.25, 0.3) is 11.3 Å². The molecule has 3 aromatic rings. The highest BCUT2D eigenvalue weighted by atomic mass is 79.9. The molecule has 0 aliphatic rings. The molecule has 0 saturated heterocycles. The summed E-state index contributed by atoms with van der Waals surface area (Å²) >= 11 is 7.04. The number of hydrogen-bond donors (Lipinski definition) is 2. The van der Waals surface area contributed by atoms with Crippen LogP contribution in [0.2, 0.25) is 0 Å². The standard InChI is InChI=1S/C22H27Br2N5/c1-28(2)9-6-10-29-20(16-7-4-3-5-8-16)14-27-22(29)19(25)13-15-11-17(23)21(26)18(24)12-15/h3-5,7-8,11-12,14,19H,6,9-10,13,25-26H2,1-2H3/t19-/m1/s1. The summed E-state index contributed by atoms with van der Waals surface area (Å²) in [5.41, 5.74) is 16.7. The maximum atomic E-state index is 6.63. The molecule has 0 fully saturated rings. The van der Waals surface area contributed by atoms with Gasteiger partial charge in [0.25, 0.3) is 0 Å². The van der Waals surface area contributed by atoms with Crippen molar-refractivity contribution in [2.75, 3.05) is 26.4 Å². The van der Waals surface area contributed by atoms with E-state index in [4.69, 9.17) is 16.5 Å². The molecule has 1 atom stereocenters. The molecular formula is C22H27Br2N5. The molecule has 7 heteroatoms. The predicted octanol–water partition coefficient (Wildman–Crippen LogP) is 4.85. The Bertz CT molecular complexity index is 930. The molecule has 0 radical (unpaired) electrons. The van der Waals surface area contributed by atoms with Crippen molar-refractivity contribution < 1.29 is 0 Å². The Morgan fingerprint density at radius 3 is 2.38 bits per heavy atom. The van der Waals surface area contributed by atoms with Crippen molar-refractivity contribution in [1.29, 1.82) is 0 Å². The minimum Gasteiger partial charge on any atom is -0.397 e. The van der Waals surface area contributed by atoms with Crippen molar-refractivity contribution in [3.63, 3.8) is 0 Å². The van der Waals surface area contributed by atoms with Gasteiger partial charge in [-0.2, -0.15) is 0 Å². The van der Waals surface area contributed by atoms with Crippen molar-refractivity contribution in [2.45, 2.75) is 25.4 Å². The van der Waals surface area contributed by atoms with E-state index in [1.807, 2.05) is 24.4 Å². The molecule has 154 valence electrons. The number of nitrogens with zero attached hydrogens (tertiary/aromatic N) is 3. The zero-order valence-corrected chi connectivity index (χ0v) is 19.9. The Hall–Kier alpha value is -1.67. The van der Waals surface area contributed by atoms with Crippen molar-refractivity contribution in [1.82, 2.24) is 14.5 Å². The van der Waals surface area contributed by atoms with Crippen LogP contribution < -0.4 is 11.5 Å². The normalized spacial score (nSPS) is 12.5. The van der Waals surface area contributed by atoms with Crippen LogP contribution in [-0.4, -0.2) is 35.1 Å². The average Bonchev–Trinajstić information content (AvgIpc) is 3.10. The quantitative estimate of drug-likeness (QED) is 0.416. The summed E-state index contributed by atoms with van der Waals surface area (Å²) < 4.78 is 4.01. The van der Waals surface area contributed by atoms with Crippen LogP contribution in [0.4, 0.5) is 5.69 Å². The summed E-state index contributed by atoms with van der Waals surface area (Å²) in [6.07, 6.45) is 3.65. The second-order valence-electron chi connectivity index (χ2n) is 7.46. The third kappa shape index (κ3) is 5.48. The van der Waals surface area contributed by atoms with Gasteiger partial charge in [0.1, 0.15) is 5.82 Å². The fourth-order valence-corrected chi connectivity index (χ4v) is 4.69. The summed E-state index contributed by atoms with van der Waals surface area (Å²) in [4.78, 5) is 6.92. The fraction of sp³-hybridized carbons (Fsp3) is 0.318. The Morgan fingerprint density at radius 2 is 1.76 bits per heavy atom. The van der Waals surface area contributed by atoms with Gasteiger partial charge in [-0.25, -0.2) is 4.98 Å². The van der Waals surface area contributed by atoms with Gasteiger partial charge in [-0.05, 0) is 88.6 Å². The largest absolute Gasteiger partial charge is 0.397 e. The first-order valence-electron chi connectivity index (χ1n) is 9.61. The summed E-state index contributed by atoms with van der Waals surface area (Å²) in [6, 6.07) is 14.2. The molecule has 0 amide bonds. The molecule has 1 aromatic heterocycles. The van der Waals surface area contributed by atoms with E-state index in [1.54, 1.807) is 0 Å². The number of benzene rings is 2. The van der Waals surface area contributed by atoms with Crippen molar-refractivity contribution >= 4 is 37.5 Å². The number of nitrogen functional groups attached to an aromatic ring is 1. The summed E-state index contributed by atoms with van der Waals surface area (Å²) in [5.74, 6) is 0.909. The van der Waals surface area contributed by atoms with E-state index in [-0.39, 0.29) is 6.04 Å². The van der Waals surface area contributed by atoms with Crippen LogP contribution in [0.5, 0.6) is 0 Å². The van der Waals surface area contributed by atoms with Crippen molar-refractivity contribution in [3.8, 4) is 11.3 Å². The zero-order valence-electron chi connectivity index (χ0n) is 16.8. The van der Waals surface area contributed by atoms with E-state index in [1.165, 1.54) is 0 Å². The Labute approximate surface area is 189 Å². The number of halogens is 2. The molecule has 0 bridgehead atoms. The van der Waals surface area contributed by atoms with Gasteiger partial charge in [0, 0.05) is 15.5 Å². The fourth-order valence-electron chi connectivity index (χ4n) is 3.41. The first-order valence-corrected chi connectivity index (χ1v) is 11.2. The van der Waals surface area contributed by atoms with Crippen LogP contribution >= 0.6 is 31.9 Å². The van der Waals surface area contributed by atoms with E-state index in [9.17, 15) is 0 Å². The van der Waals surface area contributed by atoms with E-state index < -0.39 is 0 Å². The van der Waals surface area contributed by atoms with Crippen LogP contribution in [0.1, 0.15) is 23.9 Å². The van der Waals surface area contributed by atoms with Gasteiger partial charge >= 0.3 is 0 Å². The highest BCUT2D eigenvalue weighted by molar-refractivity contribution is 9.11. The molecule has 4 N–H and O–H groups in total. The Balaban J connectivity index is 1.90. The lowest BCUT2D eigenvalue weighted by Gasteiger charge is -2.18. The van der Waals surface area contributed by atoms with Gasteiger partial charge < -0.3 is 20.9 Å². The summed E-state index contributed by atoms with van der Waals surface area (Å²) in [5, 5.41) is 0. The second kappa shape index (κ2) is 9.89. The number of anilines is 1. The highest BCUT2D eigenvalue weighted by Crippen LogP contribution is 2.31. The molecule has 5 nitrogen and oxygen atoms in total. The first kappa shape index (κ1) is 22.0. The lowest BCUT2D eigenvalue weighted by Crippen LogP contribution is -2.21. The van der Waals surface area contributed by atoms with Gasteiger partial charge in [-0.3, -0.25) is 0 Å². The molecule has 0 unspecified atom stereocenters. The van der Waals surface area contributed by atoms with E-state index in [2.05, 4.69) is 79.7 Å². The van der Waals surface area contributed by atoms with Crippen molar-refractivity contribution in [2.24, 2.45) is 5.73 Å². The smallest absolute Gasteiger partial charge is 0.126 e. The molecule has 1 heterocycles. The second-order valence-corrected chi connectivity index (χ2v) is 9.17. The predicted molar refractivity (Wildman–Crippen MR) is 128 cm³/mol. The number of nitrogens with two attached hydrogens (primary N) is 2. The van der Waals surface area contributed by atoms with E-state index in [0.29, 0.717) is 12.1 Å². The van der Waals surface area contributed by atoms with Crippen LogP contribution in [0.3, 0.4) is 0 Å². The van der Waals surface area contributed by atoms with Gasteiger partial charge in [0.15, 0.2) is 0 Å². The van der Waals surface area contributed by atoms with Gasteiger partial charge in [-0.1, -0.05) is 30.3 Å². The Kier molecular flexibility index (Phi) is 7.51. The third-order valence-corrected chi connectivity index (χ3v) is 6.18. The number of rotatable bonds is 8. The first-order chi connectivity index (χ1) is 13.9. The maximum absolute atomic E-state index is 6.63. The van der Waals surface area contributed by atoms with E-state index in [0.717, 1.165) is 51.1 Å².